The number of anilines is 1. The van der Waals surface area contributed by atoms with E-state index >= 15 is 0 Å². The Morgan fingerprint density at radius 2 is 2.33 bits per heavy atom. The Morgan fingerprint density at radius 1 is 1.50 bits per heavy atom. The summed E-state index contributed by atoms with van der Waals surface area (Å²) in [5.41, 5.74) is 1.83. The zero-order chi connectivity index (χ0) is 13.0. The monoisotopic (exact) mass is 250 g/mol. The minimum atomic E-state index is -0.224. The molecule has 0 atom stereocenters. The van der Waals surface area contributed by atoms with Gasteiger partial charge in [-0.1, -0.05) is 0 Å². The van der Waals surface area contributed by atoms with E-state index in [0.29, 0.717) is 6.42 Å². The van der Waals surface area contributed by atoms with Gasteiger partial charge in [0.1, 0.15) is 5.82 Å². The Hall–Kier alpha value is -1.42. The van der Waals surface area contributed by atoms with E-state index in [4.69, 9.17) is 0 Å². The van der Waals surface area contributed by atoms with Crippen molar-refractivity contribution in [3.05, 3.63) is 29.6 Å². The summed E-state index contributed by atoms with van der Waals surface area (Å²) in [7, 11) is 1.88. The summed E-state index contributed by atoms with van der Waals surface area (Å²) in [6.45, 7) is 1.59. The first kappa shape index (κ1) is 13.0. The molecule has 0 saturated carbocycles. The van der Waals surface area contributed by atoms with Crippen molar-refractivity contribution >= 4 is 11.6 Å². The zero-order valence-electron chi connectivity index (χ0n) is 10.7. The molecule has 0 fully saturated rings. The van der Waals surface area contributed by atoms with Crippen LogP contribution in [-0.4, -0.2) is 26.0 Å². The third-order valence-electron chi connectivity index (χ3n) is 3.28. The van der Waals surface area contributed by atoms with E-state index in [9.17, 15) is 9.18 Å². The van der Waals surface area contributed by atoms with Crippen LogP contribution in [0.5, 0.6) is 0 Å². The molecular formula is C14H19FN2O. The van der Waals surface area contributed by atoms with Crippen molar-refractivity contribution in [1.29, 1.82) is 0 Å². The van der Waals surface area contributed by atoms with Crippen molar-refractivity contribution in [2.75, 3.05) is 25.0 Å². The Morgan fingerprint density at radius 3 is 3.11 bits per heavy atom. The maximum atomic E-state index is 13.2. The predicted octanol–water partition coefficient (Wildman–Crippen LogP) is 2.10. The van der Waals surface area contributed by atoms with E-state index < -0.39 is 0 Å². The number of nitrogens with one attached hydrogen (secondary N) is 1. The van der Waals surface area contributed by atoms with Crippen LogP contribution in [0.15, 0.2) is 18.2 Å². The average molecular weight is 250 g/mol. The maximum absolute atomic E-state index is 13.2. The smallest absolute Gasteiger partial charge is 0.227 e. The van der Waals surface area contributed by atoms with Gasteiger partial charge in [0, 0.05) is 18.7 Å². The molecule has 0 radical (unpaired) electrons. The number of benzene rings is 1. The largest absolute Gasteiger partial charge is 0.320 e. The fourth-order valence-electron chi connectivity index (χ4n) is 2.38. The summed E-state index contributed by atoms with van der Waals surface area (Å²) >= 11 is 0. The third kappa shape index (κ3) is 2.88. The molecule has 1 aromatic rings. The van der Waals surface area contributed by atoms with E-state index in [1.807, 2.05) is 7.05 Å². The lowest BCUT2D eigenvalue weighted by Gasteiger charge is -2.29. The molecule has 0 saturated heterocycles. The number of rotatable bonds is 4. The highest BCUT2D eigenvalue weighted by molar-refractivity contribution is 5.94. The number of aryl methyl sites for hydroxylation is 1. The number of hydrogen-bond acceptors (Lipinski definition) is 2. The van der Waals surface area contributed by atoms with E-state index in [1.54, 1.807) is 17.0 Å². The van der Waals surface area contributed by atoms with Gasteiger partial charge < -0.3 is 10.2 Å². The Bertz CT molecular complexity index is 434. The Labute approximate surface area is 107 Å². The Kier molecular flexibility index (Phi) is 4.31. The van der Waals surface area contributed by atoms with Gasteiger partial charge in [0.25, 0.3) is 0 Å². The molecule has 1 aliphatic rings. The van der Waals surface area contributed by atoms with Gasteiger partial charge in [-0.25, -0.2) is 4.39 Å². The number of nitrogens with zero attached hydrogens (tertiary/aromatic N) is 1. The summed E-state index contributed by atoms with van der Waals surface area (Å²) in [5.74, 6) is -0.0870. The number of hydrogen-bond donors (Lipinski definition) is 1. The lowest BCUT2D eigenvalue weighted by atomic mass is 10.0. The van der Waals surface area contributed by atoms with Crippen LogP contribution in [0.3, 0.4) is 0 Å². The highest BCUT2D eigenvalue weighted by Gasteiger charge is 2.22. The number of fused-ring (bicyclic) bond motifs is 1. The Balaban J connectivity index is 2.09. The third-order valence-corrected chi connectivity index (χ3v) is 3.28. The molecular weight excluding hydrogens is 231 g/mol. The lowest BCUT2D eigenvalue weighted by molar-refractivity contribution is -0.118. The van der Waals surface area contributed by atoms with Crippen LogP contribution in [0.2, 0.25) is 0 Å². The molecule has 0 aliphatic carbocycles. The van der Waals surface area contributed by atoms with Gasteiger partial charge in [-0.05, 0) is 56.6 Å². The van der Waals surface area contributed by atoms with Gasteiger partial charge in [0.15, 0.2) is 0 Å². The fraction of sp³-hybridized carbons (Fsp3) is 0.500. The van der Waals surface area contributed by atoms with Crippen molar-refractivity contribution in [3.8, 4) is 0 Å². The van der Waals surface area contributed by atoms with Gasteiger partial charge in [0.2, 0.25) is 5.91 Å². The molecule has 3 nitrogen and oxygen atoms in total. The van der Waals surface area contributed by atoms with Crippen molar-refractivity contribution in [1.82, 2.24) is 5.32 Å². The molecule has 1 heterocycles. The van der Waals surface area contributed by atoms with Gasteiger partial charge in [-0.2, -0.15) is 0 Å². The molecule has 0 aromatic heterocycles. The number of halogens is 1. The summed E-state index contributed by atoms with van der Waals surface area (Å²) in [6.07, 6.45) is 3.14. The molecule has 1 aromatic carbocycles. The normalized spacial score (nSPS) is 14.4. The molecule has 2 rings (SSSR count). The van der Waals surface area contributed by atoms with Gasteiger partial charge >= 0.3 is 0 Å². The van der Waals surface area contributed by atoms with Crippen LogP contribution < -0.4 is 10.2 Å². The van der Waals surface area contributed by atoms with E-state index in [-0.39, 0.29) is 11.7 Å². The predicted molar refractivity (Wildman–Crippen MR) is 70.2 cm³/mol. The second-order valence-electron chi connectivity index (χ2n) is 4.63. The highest BCUT2D eigenvalue weighted by Crippen LogP contribution is 2.28. The van der Waals surface area contributed by atoms with Crippen LogP contribution in [0, 0.1) is 5.82 Å². The maximum Gasteiger partial charge on any atom is 0.227 e. The number of carbonyl (C=O) groups is 1. The van der Waals surface area contributed by atoms with Crippen molar-refractivity contribution in [3.63, 3.8) is 0 Å². The van der Waals surface area contributed by atoms with E-state index in [0.717, 1.165) is 43.6 Å². The molecule has 1 aliphatic heterocycles. The second kappa shape index (κ2) is 5.96. The molecule has 0 bridgehead atoms. The summed E-state index contributed by atoms with van der Waals surface area (Å²) in [4.78, 5) is 13.9. The number of amides is 1. The molecule has 0 unspecified atom stereocenters. The van der Waals surface area contributed by atoms with E-state index in [1.165, 1.54) is 6.07 Å². The van der Waals surface area contributed by atoms with Gasteiger partial charge in [0.05, 0.1) is 0 Å². The minimum Gasteiger partial charge on any atom is -0.320 e. The molecule has 4 heteroatoms. The van der Waals surface area contributed by atoms with Crippen LogP contribution >= 0.6 is 0 Å². The van der Waals surface area contributed by atoms with Crippen LogP contribution in [0.25, 0.3) is 0 Å². The van der Waals surface area contributed by atoms with Crippen molar-refractivity contribution in [2.24, 2.45) is 0 Å². The topological polar surface area (TPSA) is 32.3 Å². The van der Waals surface area contributed by atoms with Crippen LogP contribution in [0.4, 0.5) is 10.1 Å². The summed E-state index contributed by atoms with van der Waals surface area (Å²) < 4.78 is 13.2. The van der Waals surface area contributed by atoms with Crippen LogP contribution in [-0.2, 0) is 11.2 Å². The van der Waals surface area contributed by atoms with Crippen molar-refractivity contribution in [2.45, 2.75) is 25.7 Å². The van der Waals surface area contributed by atoms with Gasteiger partial charge in [-0.15, -0.1) is 0 Å². The van der Waals surface area contributed by atoms with Crippen LogP contribution in [0.1, 0.15) is 24.8 Å². The van der Waals surface area contributed by atoms with E-state index in [2.05, 4.69) is 5.32 Å². The average Bonchev–Trinajstić information content (AvgIpc) is 2.37. The van der Waals surface area contributed by atoms with Gasteiger partial charge in [-0.3, -0.25) is 4.79 Å². The molecule has 98 valence electrons. The highest BCUT2D eigenvalue weighted by atomic mass is 19.1. The molecule has 18 heavy (non-hydrogen) atoms. The standard InChI is InChI=1S/C14H19FN2O/c1-16-8-2-5-14(18)17-9-3-4-11-10-12(15)6-7-13(11)17/h6-7,10,16H,2-5,8-9H2,1H3. The lowest BCUT2D eigenvalue weighted by Crippen LogP contribution is -2.35. The molecule has 1 amide bonds. The number of carbonyl (C=O) groups excluding carboxylic acids is 1. The SMILES string of the molecule is CNCCCC(=O)N1CCCc2cc(F)ccc21. The summed E-state index contributed by atoms with van der Waals surface area (Å²) in [6, 6.07) is 4.69. The minimum absolute atomic E-state index is 0.137. The first-order valence-electron chi connectivity index (χ1n) is 6.46. The first-order valence-corrected chi connectivity index (χ1v) is 6.46. The zero-order valence-corrected chi connectivity index (χ0v) is 10.7. The van der Waals surface area contributed by atoms with Crippen molar-refractivity contribution < 1.29 is 9.18 Å². The first-order chi connectivity index (χ1) is 8.72. The quantitative estimate of drug-likeness (QED) is 0.830. The second-order valence-corrected chi connectivity index (χ2v) is 4.63. The summed E-state index contributed by atoms with van der Waals surface area (Å²) in [5, 5.41) is 3.03. The molecule has 0 spiro atoms. The molecule has 1 N–H and O–H groups in total. The fourth-order valence-corrected chi connectivity index (χ4v) is 2.38.